The van der Waals surface area contributed by atoms with Gasteiger partial charge in [-0.25, -0.2) is 28.6 Å². The molecule has 5 heterocycles. The van der Waals surface area contributed by atoms with Crippen molar-refractivity contribution in [3.63, 3.8) is 0 Å². The Labute approximate surface area is 368 Å². The average molecular weight is 868 g/mol. The summed E-state index contributed by atoms with van der Waals surface area (Å²) in [6.07, 6.45) is 7.80. The third-order valence-corrected chi connectivity index (χ3v) is 10.5. The number of pyridine rings is 1. The summed E-state index contributed by atoms with van der Waals surface area (Å²) in [4.78, 5) is 71.7. The van der Waals surface area contributed by atoms with Gasteiger partial charge in [-0.2, -0.15) is 5.10 Å². The number of hydrogen-bond donors (Lipinski definition) is 6. The number of anilines is 2. The van der Waals surface area contributed by atoms with Crippen LogP contribution in [0.5, 0.6) is 0 Å². The molecule has 1 aliphatic rings. The van der Waals surface area contributed by atoms with Crippen LogP contribution in [0.4, 0.5) is 25.9 Å². The number of H-pyrrole nitrogens is 2. The van der Waals surface area contributed by atoms with Gasteiger partial charge in [0.25, 0.3) is 0 Å². The van der Waals surface area contributed by atoms with Crippen molar-refractivity contribution in [2.75, 3.05) is 44.4 Å². The van der Waals surface area contributed by atoms with Gasteiger partial charge < -0.3 is 30.4 Å². The summed E-state index contributed by atoms with van der Waals surface area (Å²) in [6, 6.07) is 21.6. The highest BCUT2D eigenvalue weighted by atomic mass is 19.1. The molecule has 8 rings (SSSR count). The van der Waals surface area contributed by atoms with Gasteiger partial charge in [0.05, 0.1) is 16.7 Å². The van der Waals surface area contributed by atoms with Crippen molar-refractivity contribution in [1.29, 1.82) is 0 Å². The van der Waals surface area contributed by atoms with Gasteiger partial charge >= 0.3 is 12.1 Å². The lowest BCUT2D eigenvalue weighted by Gasteiger charge is -2.27. The molecule has 0 saturated carbocycles. The van der Waals surface area contributed by atoms with Gasteiger partial charge in [0.2, 0.25) is 23.7 Å². The van der Waals surface area contributed by atoms with Gasteiger partial charge in [0.15, 0.2) is 0 Å². The Hall–Kier alpha value is -7.89. The summed E-state index contributed by atoms with van der Waals surface area (Å²) in [5.74, 6) is -0.0190. The molecule has 0 saturated heterocycles. The number of aromatic amines is 2. The van der Waals surface area contributed by atoms with Gasteiger partial charge in [-0.05, 0) is 90.9 Å². The summed E-state index contributed by atoms with van der Waals surface area (Å²) in [5.41, 5.74) is 7.75. The Balaban J connectivity index is 0.000000193. The first-order chi connectivity index (χ1) is 30.9. The standard InChI is InChI=1S/C25H25N7O2.C21H25FN6O2/c1-2-26-25(34)30-24-28-20-13-19(14-21(23(20)29-24)32-11-6-10-27-32)18-9-12-31(22(33)15-18)16-17-7-4-3-5-8-17;1-5-23-21(30)27-20-25-16-11-13(12(2)9-17(29)28(3)4)10-14(19(16)26-20)18-15(22)7-6-8-24-18/h3-8,10-11,13-15H,2,9,12,16H2,1H3,(H3,26,28,29,30,34);6-8,10-12H,5,9H2,1-4H3,(H3,23,25,26,27,30). The maximum atomic E-state index is 14.5. The molecule has 0 aliphatic carbocycles. The summed E-state index contributed by atoms with van der Waals surface area (Å²) < 4.78 is 16.3. The Kier molecular flexibility index (Phi) is 13.7. The highest BCUT2D eigenvalue weighted by Gasteiger charge is 2.23. The molecule has 18 heteroatoms. The van der Waals surface area contributed by atoms with Gasteiger partial charge in [-0.1, -0.05) is 37.3 Å². The Morgan fingerprint density at radius 2 is 1.55 bits per heavy atom. The molecular formula is C46H50FN13O4. The molecule has 0 fully saturated rings. The predicted molar refractivity (Wildman–Crippen MR) is 244 cm³/mol. The van der Waals surface area contributed by atoms with E-state index in [0.717, 1.165) is 39.9 Å². The third-order valence-electron chi connectivity index (χ3n) is 10.5. The van der Waals surface area contributed by atoms with Crippen molar-refractivity contribution >= 4 is 63.4 Å². The first-order valence-corrected chi connectivity index (χ1v) is 20.9. The topological polar surface area (TPSA) is 211 Å². The second-order valence-corrected chi connectivity index (χ2v) is 15.3. The summed E-state index contributed by atoms with van der Waals surface area (Å²) in [7, 11) is 3.42. The SMILES string of the molecule is CCNC(=O)Nc1nc2c(-c3ncccc3F)cc(C(C)CC(=O)N(C)C)cc2[nH]1.CCNC(=O)Nc1nc2c(-n3cccn3)cc(C3=CC(=O)N(Cc4ccccc4)CC3)cc2[nH]1. The molecule has 0 radical (unpaired) electrons. The first kappa shape index (κ1) is 44.2. The van der Waals surface area contributed by atoms with Gasteiger partial charge in [0.1, 0.15) is 22.5 Å². The zero-order chi connectivity index (χ0) is 45.3. The molecule has 6 amide bonds. The average Bonchev–Trinajstić information content (AvgIpc) is 4.05. The largest absolute Gasteiger partial charge is 0.349 e. The van der Waals surface area contributed by atoms with Crippen LogP contribution in [-0.4, -0.2) is 102 Å². The zero-order valence-corrected chi connectivity index (χ0v) is 36.2. The lowest BCUT2D eigenvalue weighted by molar-refractivity contribution is -0.129. The number of rotatable bonds is 12. The van der Waals surface area contributed by atoms with E-state index < -0.39 is 11.8 Å². The molecule has 0 spiro atoms. The molecule has 6 N–H and O–H groups in total. The van der Waals surface area contributed by atoms with E-state index in [9.17, 15) is 23.6 Å². The molecule has 3 aromatic carbocycles. The van der Waals surface area contributed by atoms with Crippen molar-refractivity contribution in [1.82, 2.24) is 55.1 Å². The van der Waals surface area contributed by atoms with Crippen molar-refractivity contribution < 1.29 is 23.6 Å². The molecule has 1 atom stereocenters. The van der Waals surface area contributed by atoms with E-state index in [2.05, 4.69) is 51.3 Å². The molecule has 17 nitrogen and oxygen atoms in total. The number of fused-ring (bicyclic) bond motifs is 2. The highest BCUT2D eigenvalue weighted by molar-refractivity contribution is 6.00. The predicted octanol–water partition coefficient (Wildman–Crippen LogP) is 7.19. The number of benzene rings is 3. The normalized spacial score (nSPS) is 12.9. The van der Waals surface area contributed by atoms with Crippen LogP contribution in [0.25, 0.3) is 44.6 Å². The fraction of sp³-hybridized carbons (Fsp3) is 0.261. The van der Waals surface area contributed by atoms with Crippen molar-refractivity contribution in [3.05, 3.63) is 120 Å². The number of nitrogens with one attached hydrogen (secondary N) is 6. The van der Waals surface area contributed by atoms with Gasteiger partial charge in [-0.3, -0.25) is 25.2 Å². The van der Waals surface area contributed by atoms with E-state index in [1.165, 1.54) is 18.3 Å². The number of nitrogens with zero attached hydrogens (tertiary/aromatic N) is 7. The highest BCUT2D eigenvalue weighted by Crippen LogP contribution is 2.34. The van der Waals surface area contributed by atoms with Gasteiger partial charge in [0, 0.05) is 76.9 Å². The number of hydrogen-bond acceptors (Lipinski definition) is 8. The summed E-state index contributed by atoms with van der Waals surface area (Å²) >= 11 is 0. The maximum Gasteiger partial charge on any atom is 0.321 e. The van der Waals surface area contributed by atoms with Crippen LogP contribution in [0.1, 0.15) is 56.2 Å². The molecule has 7 aromatic rings. The van der Waals surface area contributed by atoms with Crippen molar-refractivity contribution in [2.24, 2.45) is 0 Å². The summed E-state index contributed by atoms with van der Waals surface area (Å²) in [5, 5.41) is 15.0. The van der Waals surface area contributed by atoms with E-state index >= 15 is 0 Å². The minimum Gasteiger partial charge on any atom is -0.349 e. The summed E-state index contributed by atoms with van der Waals surface area (Å²) in [6.45, 7) is 7.81. The minimum absolute atomic E-state index is 0.00336. The lowest BCUT2D eigenvalue weighted by atomic mass is 9.93. The number of halogens is 1. The molecule has 330 valence electrons. The van der Waals surface area contributed by atoms with Crippen LogP contribution in [0.15, 0.2) is 97.5 Å². The zero-order valence-electron chi connectivity index (χ0n) is 36.2. The van der Waals surface area contributed by atoms with Crippen LogP contribution in [-0.2, 0) is 16.1 Å². The number of carbonyl (C=O) groups excluding carboxylic acids is 4. The Morgan fingerprint density at radius 1 is 0.859 bits per heavy atom. The second-order valence-electron chi connectivity index (χ2n) is 15.3. The number of carbonyl (C=O) groups is 4. The fourth-order valence-corrected chi connectivity index (χ4v) is 7.23. The van der Waals surface area contributed by atoms with Gasteiger partial charge in [-0.15, -0.1) is 0 Å². The smallest absolute Gasteiger partial charge is 0.321 e. The Morgan fingerprint density at radius 3 is 2.17 bits per heavy atom. The first-order valence-electron chi connectivity index (χ1n) is 20.9. The minimum atomic E-state index is -0.478. The van der Waals surface area contributed by atoms with E-state index in [0.29, 0.717) is 60.7 Å². The van der Waals surface area contributed by atoms with Crippen LogP contribution >= 0.6 is 0 Å². The fourth-order valence-electron chi connectivity index (χ4n) is 7.23. The monoisotopic (exact) mass is 867 g/mol. The Bertz CT molecular complexity index is 2820. The van der Waals surface area contributed by atoms with Crippen LogP contribution in [0.3, 0.4) is 0 Å². The number of amides is 6. The van der Waals surface area contributed by atoms with Crippen LogP contribution < -0.4 is 21.3 Å². The molecule has 0 bridgehead atoms. The quantitative estimate of drug-likeness (QED) is 0.0738. The van der Waals surface area contributed by atoms with E-state index in [-0.39, 0.29) is 35.4 Å². The van der Waals surface area contributed by atoms with Crippen molar-refractivity contribution in [3.8, 4) is 16.9 Å². The molecule has 1 unspecified atom stereocenters. The molecule has 4 aromatic heterocycles. The van der Waals surface area contributed by atoms with Crippen LogP contribution in [0, 0.1) is 5.82 Å². The van der Waals surface area contributed by atoms with Crippen molar-refractivity contribution in [2.45, 2.75) is 46.1 Å². The number of imidazole rings is 2. The van der Waals surface area contributed by atoms with E-state index in [1.54, 1.807) is 42.0 Å². The maximum absolute atomic E-state index is 14.5. The molecule has 64 heavy (non-hydrogen) atoms. The van der Waals surface area contributed by atoms with E-state index in [4.69, 9.17) is 0 Å². The van der Waals surface area contributed by atoms with Crippen LogP contribution in [0.2, 0.25) is 0 Å². The third kappa shape index (κ3) is 10.4. The number of urea groups is 2. The lowest BCUT2D eigenvalue weighted by Crippen LogP contribution is -2.33. The number of aromatic nitrogens is 7. The second kappa shape index (κ2) is 19.9. The molecular weight excluding hydrogens is 818 g/mol. The molecule has 1 aliphatic heterocycles. The van der Waals surface area contributed by atoms with E-state index in [1.807, 2.05) is 86.5 Å².